The summed E-state index contributed by atoms with van der Waals surface area (Å²) in [5, 5.41) is 0. The SMILES string of the molecule is CC/C=C/C/C=C/C/C=C/C/C=C/C/C=C/CCCCCC(=O)OC[C@@H](COP(=O)(O)OCCN)OC(=O)CCCCC/C=C/CCCCCCCC. The first-order chi connectivity index (χ1) is 25.8. The summed E-state index contributed by atoms with van der Waals surface area (Å²) in [5.74, 6) is -0.893. The summed E-state index contributed by atoms with van der Waals surface area (Å²) >= 11 is 0. The Bertz CT molecular complexity index is 1100. The van der Waals surface area contributed by atoms with Gasteiger partial charge in [0.15, 0.2) is 6.10 Å². The Morgan fingerprint density at radius 1 is 0.585 bits per heavy atom. The minimum Gasteiger partial charge on any atom is -0.462 e. The first-order valence-electron chi connectivity index (χ1n) is 20.4. The summed E-state index contributed by atoms with van der Waals surface area (Å²) in [6.45, 7) is 3.53. The van der Waals surface area contributed by atoms with Crippen LogP contribution in [0.25, 0.3) is 0 Å². The van der Waals surface area contributed by atoms with Crippen molar-refractivity contribution in [3.05, 3.63) is 72.9 Å². The molecule has 0 aromatic carbocycles. The maximum absolute atomic E-state index is 12.5. The largest absolute Gasteiger partial charge is 0.472 e. The van der Waals surface area contributed by atoms with Crippen molar-refractivity contribution in [2.45, 2.75) is 161 Å². The highest BCUT2D eigenvalue weighted by Gasteiger charge is 2.25. The summed E-state index contributed by atoms with van der Waals surface area (Å²) in [6.07, 6.45) is 46.5. The molecule has 2 atom stereocenters. The Morgan fingerprint density at radius 3 is 1.57 bits per heavy atom. The van der Waals surface area contributed by atoms with E-state index in [9.17, 15) is 19.0 Å². The predicted molar refractivity (Wildman–Crippen MR) is 219 cm³/mol. The van der Waals surface area contributed by atoms with Crippen LogP contribution in [-0.4, -0.2) is 49.3 Å². The number of phosphoric ester groups is 1. The third kappa shape index (κ3) is 39.0. The van der Waals surface area contributed by atoms with Crippen LogP contribution in [0.2, 0.25) is 0 Å². The number of allylic oxidation sites excluding steroid dienone is 12. The second kappa shape index (κ2) is 39.2. The van der Waals surface area contributed by atoms with E-state index in [2.05, 4.69) is 86.8 Å². The molecule has 0 aromatic rings. The average Bonchev–Trinajstić information content (AvgIpc) is 3.14. The quantitative estimate of drug-likeness (QED) is 0.0274. The molecular weight excluding hydrogens is 689 g/mol. The van der Waals surface area contributed by atoms with Crippen molar-refractivity contribution in [2.24, 2.45) is 5.73 Å². The monoisotopic (exact) mass is 764 g/mol. The van der Waals surface area contributed by atoms with Crippen molar-refractivity contribution < 1.29 is 37.6 Å². The third-order valence-electron chi connectivity index (χ3n) is 8.08. The lowest BCUT2D eigenvalue weighted by atomic mass is 10.1. The Labute approximate surface area is 322 Å². The number of hydrogen-bond acceptors (Lipinski definition) is 8. The normalized spacial score (nSPS) is 14.1. The molecule has 0 saturated heterocycles. The maximum atomic E-state index is 12.5. The molecule has 0 spiro atoms. The van der Waals surface area contributed by atoms with Crippen LogP contribution < -0.4 is 5.73 Å². The van der Waals surface area contributed by atoms with Crippen LogP contribution in [-0.2, 0) is 32.7 Å². The number of phosphoric acid groups is 1. The van der Waals surface area contributed by atoms with Crippen molar-refractivity contribution >= 4 is 19.8 Å². The van der Waals surface area contributed by atoms with Crippen molar-refractivity contribution in [3.63, 3.8) is 0 Å². The summed E-state index contributed by atoms with van der Waals surface area (Å²) in [7, 11) is -4.39. The van der Waals surface area contributed by atoms with E-state index >= 15 is 0 Å². The smallest absolute Gasteiger partial charge is 0.462 e. The zero-order valence-corrected chi connectivity index (χ0v) is 34.1. The lowest BCUT2D eigenvalue weighted by molar-refractivity contribution is -0.161. The molecule has 0 fully saturated rings. The molecule has 0 saturated carbocycles. The highest BCUT2D eigenvalue weighted by molar-refractivity contribution is 7.47. The highest BCUT2D eigenvalue weighted by atomic mass is 31.2. The van der Waals surface area contributed by atoms with Crippen molar-refractivity contribution in [1.29, 1.82) is 0 Å². The fourth-order valence-corrected chi connectivity index (χ4v) is 5.83. The van der Waals surface area contributed by atoms with E-state index in [1.807, 2.05) is 0 Å². The molecule has 0 aliphatic carbocycles. The third-order valence-corrected chi connectivity index (χ3v) is 9.06. The van der Waals surface area contributed by atoms with Crippen LogP contribution in [0.1, 0.15) is 155 Å². The van der Waals surface area contributed by atoms with Gasteiger partial charge in [-0.05, 0) is 83.5 Å². The molecule has 304 valence electrons. The molecule has 0 amide bonds. The van der Waals surface area contributed by atoms with Gasteiger partial charge in [-0.25, -0.2) is 4.57 Å². The van der Waals surface area contributed by atoms with Gasteiger partial charge in [0.05, 0.1) is 13.2 Å². The van der Waals surface area contributed by atoms with Crippen molar-refractivity contribution in [3.8, 4) is 0 Å². The number of carbonyl (C=O) groups is 2. The number of rotatable bonds is 37. The molecule has 9 nitrogen and oxygen atoms in total. The van der Waals surface area contributed by atoms with Gasteiger partial charge >= 0.3 is 19.8 Å². The molecular formula is C43H74NO8P. The van der Waals surface area contributed by atoms with Crippen LogP contribution in [0.5, 0.6) is 0 Å². The van der Waals surface area contributed by atoms with Crippen LogP contribution in [0, 0.1) is 0 Å². The van der Waals surface area contributed by atoms with Gasteiger partial charge in [-0.15, -0.1) is 0 Å². The molecule has 53 heavy (non-hydrogen) atoms. The van der Waals surface area contributed by atoms with Crippen LogP contribution in [0.4, 0.5) is 0 Å². The second-order valence-electron chi connectivity index (χ2n) is 13.1. The first-order valence-corrected chi connectivity index (χ1v) is 21.9. The van der Waals surface area contributed by atoms with Crippen LogP contribution >= 0.6 is 7.82 Å². The fourth-order valence-electron chi connectivity index (χ4n) is 5.07. The minimum atomic E-state index is -4.39. The molecule has 0 rings (SSSR count). The van der Waals surface area contributed by atoms with E-state index in [1.165, 1.54) is 38.5 Å². The Kier molecular flexibility index (Phi) is 37.3. The van der Waals surface area contributed by atoms with E-state index in [0.717, 1.165) is 77.0 Å². The van der Waals surface area contributed by atoms with E-state index in [-0.39, 0.29) is 32.6 Å². The lowest BCUT2D eigenvalue weighted by Gasteiger charge is -2.19. The number of unbranched alkanes of at least 4 members (excludes halogenated alkanes) is 12. The molecule has 0 aliphatic heterocycles. The Morgan fingerprint density at radius 2 is 1.04 bits per heavy atom. The number of ether oxygens (including phenoxy) is 2. The standard InChI is InChI=1S/C43H74NO8P/c1-3-5-7-9-11-13-15-17-18-19-20-21-22-24-25-27-29-31-33-35-42(45)49-39-41(40-51-53(47,48)50-38-37-44)52-43(46)36-34-32-30-28-26-23-16-14-12-10-8-6-4-2/h5,7,11,13,17-18,20-21,23-26,41H,3-4,6,8-10,12,14-16,19,22,27-40,44H2,1-2H3,(H,47,48)/b7-5+,13-11+,18-17+,21-20+,25-24+,26-23+/t41-/m0/s1. The molecule has 10 heteroatoms. The summed E-state index contributed by atoms with van der Waals surface area (Å²) in [4.78, 5) is 34.8. The minimum absolute atomic E-state index is 0.0428. The second-order valence-corrected chi connectivity index (χ2v) is 14.6. The van der Waals surface area contributed by atoms with Gasteiger partial charge in [0.2, 0.25) is 0 Å². The molecule has 0 radical (unpaired) electrons. The topological polar surface area (TPSA) is 134 Å². The van der Waals surface area contributed by atoms with Gasteiger partial charge in [0.25, 0.3) is 0 Å². The Balaban J connectivity index is 4.28. The van der Waals surface area contributed by atoms with Gasteiger partial charge < -0.3 is 20.1 Å². The first kappa shape index (κ1) is 50.5. The lowest BCUT2D eigenvalue weighted by Crippen LogP contribution is -2.29. The van der Waals surface area contributed by atoms with Gasteiger partial charge in [-0.2, -0.15) is 0 Å². The molecule has 0 aromatic heterocycles. The van der Waals surface area contributed by atoms with Gasteiger partial charge in [0, 0.05) is 19.4 Å². The van der Waals surface area contributed by atoms with Gasteiger partial charge in [0.1, 0.15) is 6.61 Å². The van der Waals surface area contributed by atoms with Gasteiger partial charge in [-0.1, -0.05) is 132 Å². The highest BCUT2D eigenvalue weighted by Crippen LogP contribution is 2.43. The van der Waals surface area contributed by atoms with Gasteiger partial charge in [-0.3, -0.25) is 18.6 Å². The average molecular weight is 764 g/mol. The number of hydrogen-bond donors (Lipinski definition) is 2. The summed E-state index contributed by atoms with van der Waals surface area (Å²) < 4.78 is 32.7. The summed E-state index contributed by atoms with van der Waals surface area (Å²) in [6, 6.07) is 0. The van der Waals surface area contributed by atoms with Crippen LogP contribution in [0.3, 0.4) is 0 Å². The summed E-state index contributed by atoms with van der Waals surface area (Å²) in [5.41, 5.74) is 5.33. The zero-order valence-electron chi connectivity index (χ0n) is 33.2. The number of nitrogens with two attached hydrogens (primary N) is 1. The fraction of sp³-hybridized carbons (Fsp3) is 0.674. The molecule has 1 unspecified atom stereocenters. The zero-order chi connectivity index (χ0) is 38.9. The predicted octanol–water partition coefficient (Wildman–Crippen LogP) is 11.5. The molecule has 3 N–H and O–H groups in total. The number of esters is 2. The van der Waals surface area contributed by atoms with E-state index in [4.69, 9.17) is 24.3 Å². The van der Waals surface area contributed by atoms with E-state index < -0.39 is 32.5 Å². The van der Waals surface area contributed by atoms with Crippen molar-refractivity contribution in [2.75, 3.05) is 26.4 Å². The molecule has 0 bridgehead atoms. The molecule has 0 aliphatic rings. The molecule has 0 heterocycles. The van der Waals surface area contributed by atoms with E-state index in [0.29, 0.717) is 12.8 Å². The number of carbonyl (C=O) groups excluding carboxylic acids is 2. The Hall–Kier alpha value is -2.55. The van der Waals surface area contributed by atoms with Crippen molar-refractivity contribution in [1.82, 2.24) is 0 Å². The maximum Gasteiger partial charge on any atom is 0.472 e. The van der Waals surface area contributed by atoms with Crippen LogP contribution in [0.15, 0.2) is 72.9 Å². The van der Waals surface area contributed by atoms with E-state index in [1.54, 1.807) is 0 Å².